The molecule has 4 N–H and O–H groups in total. The zero-order chi connectivity index (χ0) is 24.9. The second-order valence-electron chi connectivity index (χ2n) is 8.18. The second kappa shape index (κ2) is 9.99. The number of nitrogens with two attached hydrogens (primary N) is 1. The first-order valence-electron chi connectivity index (χ1n) is 11.4. The van der Waals surface area contributed by atoms with Gasteiger partial charge in [0.05, 0.1) is 46.8 Å². The van der Waals surface area contributed by atoms with E-state index in [1.807, 2.05) is 36.7 Å². The Bertz CT molecular complexity index is 1650. The molecule has 8 nitrogen and oxygen atoms in total. The first-order valence-corrected chi connectivity index (χ1v) is 11.4. The fourth-order valence-electron chi connectivity index (χ4n) is 4.04. The number of aliphatic imine (C=N–C) groups is 1. The Morgan fingerprint density at radius 3 is 2.83 bits per heavy atom. The van der Waals surface area contributed by atoms with Gasteiger partial charge in [0.2, 0.25) is 0 Å². The van der Waals surface area contributed by atoms with Gasteiger partial charge in [0, 0.05) is 35.6 Å². The lowest BCUT2D eigenvalue weighted by Gasteiger charge is -2.08. The van der Waals surface area contributed by atoms with Crippen molar-refractivity contribution in [1.29, 1.82) is 5.26 Å². The minimum absolute atomic E-state index is 0.451. The van der Waals surface area contributed by atoms with E-state index in [1.54, 1.807) is 24.4 Å². The van der Waals surface area contributed by atoms with Gasteiger partial charge < -0.3 is 15.6 Å². The monoisotopic (exact) mass is 472 g/mol. The number of H-pyrrole nitrogens is 1. The smallest absolute Gasteiger partial charge is 0.112 e. The van der Waals surface area contributed by atoms with E-state index in [0.29, 0.717) is 24.4 Å². The summed E-state index contributed by atoms with van der Waals surface area (Å²) in [4.78, 5) is 9.57. The third-order valence-electron chi connectivity index (χ3n) is 5.85. The highest BCUT2D eigenvalue weighted by Gasteiger charge is 2.14. The second-order valence-corrected chi connectivity index (χ2v) is 8.18. The number of hydrogen-bond donors (Lipinski definition) is 3. The summed E-state index contributed by atoms with van der Waals surface area (Å²) in [7, 11) is 0. The minimum atomic E-state index is 0.451. The Hall–Kier alpha value is -5.16. The average Bonchev–Trinajstić information content (AvgIpc) is 3.54. The van der Waals surface area contributed by atoms with E-state index >= 15 is 0 Å². The molecule has 0 aliphatic rings. The zero-order valence-electron chi connectivity index (χ0n) is 19.5. The van der Waals surface area contributed by atoms with Crippen LogP contribution < -0.4 is 11.1 Å². The summed E-state index contributed by atoms with van der Waals surface area (Å²) in [6, 6.07) is 17.7. The summed E-state index contributed by atoms with van der Waals surface area (Å²) in [6.07, 6.45) is 10.7. The third-order valence-corrected chi connectivity index (χ3v) is 5.85. The van der Waals surface area contributed by atoms with E-state index in [2.05, 4.69) is 50.9 Å². The van der Waals surface area contributed by atoms with Gasteiger partial charge in [-0.3, -0.25) is 15.1 Å². The molecule has 5 rings (SSSR count). The minimum Gasteiger partial charge on any atom is -0.405 e. The van der Waals surface area contributed by atoms with Crippen molar-refractivity contribution in [3.63, 3.8) is 0 Å². The Labute approximate surface area is 208 Å². The molecule has 0 aliphatic heterocycles. The summed E-state index contributed by atoms with van der Waals surface area (Å²) < 4.78 is 2.10. The number of aromatic amines is 1. The van der Waals surface area contributed by atoms with Gasteiger partial charge in [-0.25, -0.2) is 0 Å². The van der Waals surface area contributed by atoms with Crippen LogP contribution >= 0.6 is 0 Å². The van der Waals surface area contributed by atoms with Crippen LogP contribution in [0.25, 0.3) is 27.6 Å². The Balaban J connectivity index is 1.58. The predicted octanol–water partition coefficient (Wildman–Crippen LogP) is 4.83. The first-order chi connectivity index (χ1) is 17.7. The number of nitriles is 1. The van der Waals surface area contributed by atoms with Crippen molar-refractivity contribution in [3.8, 4) is 11.8 Å². The van der Waals surface area contributed by atoms with Crippen LogP contribution in [0.4, 0.5) is 5.69 Å². The molecule has 3 heterocycles. The van der Waals surface area contributed by atoms with E-state index in [9.17, 15) is 0 Å². The van der Waals surface area contributed by atoms with Crippen LogP contribution in [0.5, 0.6) is 0 Å². The lowest BCUT2D eigenvalue weighted by Crippen LogP contribution is -2.02. The summed E-state index contributed by atoms with van der Waals surface area (Å²) >= 11 is 0. The number of fused-ring (bicyclic) bond motifs is 2. The van der Waals surface area contributed by atoms with E-state index in [1.165, 1.54) is 6.20 Å². The van der Waals surface area contributed by atoms with Gasteiger partial charge in [-0.15, -0.1) is 6.58 Å². The van der Waals surface area contributed by atoms with Gasteiger partial charge in [-0.05, 0) is 54.2 Å². The van der Waals surface area contributed by atoms with Crippen LogP contribution in [0.15, 0.2) is 97.0 Å². The van der Waals surface area contributed by atoms with Gasteiger partial charge in [-0.2, -0.15) is 10.4 Å². The van der Waals surface area contributed by atoms with Crippen molar-refractivity contribution in [3.05, 3.63) is 109 Å². The molecule has 0 spiro atoms. The van der Waals surface area contributed by atoms with E-state index < -0.39 is 0 Å². The molecule has 36 heavy (non-hydrogen) atoms. The normalized spacial score (nSPS) is 11.8. The third kappa shape index (κ3) is 4.45. The van der Waals surface area contributed by atoms with E-state index in [0.717, 1.165) is 44.4 Å². The molecule has 0 saturated heterocycles. The summed E-state index contributed by atoms with van der Waals surface area (Å²) in [6.45, 7) is 4.88. The van der Waals surface area contributed by atoms with Crippen LogP contribution in [0.3, 0.4) is 0 Å². The number of hydrogen-bond acceptors (Lipinski definition) is 6. The number of nitrogens with one attached hydrogen (secondary N) is 2. The number of aromatic nitrogens is 4. The van der Waals surface area contributed by atoms with Crippen molar-refractivity contribution in [1.82, 2.24) is 19.7 Å². The largest absolute Gasteiger partial charge is 0.405 e. The van der Waals surface area contributed by atoms with Gasteiger partial charge in [0.25, 0.3) is 0 Å². The van der Waals surface area contributed by atoms with Gasteiger partial charge in [0.1, 0.15) is 5.52 Å². The van der Waals surface area contributed by atoms with E-state index in [-0.39, 0.29) is 0 Å². The molecule has 176 valence electrons. The molecule has 3 aromatic heterocycles. The molecular weight excluding hydrogens is 448 g/mol. The van der Waals surface area contributed by atoms with Crippen LogP contribution in [0, 0.1) is 11.3 Å². The fraction of sp³-hybridized carbons (Fsp3) is 0.0714. The highest BCUT2D eigenvalue weighted by Crippen LogP contribution is 2.29. The molecule has 0 bridgehead atoms. The lowest BCUT2D eigenvalue weighted by atomic mass is 10.1. The SMILES string of the molecule is C=CCNc1cn(-c2ccc3cn[nH]c3c2)c2cc(C(C=CN)=NCc3ccc(C#N)cc3)cnc12. The van der Waals surface area contributed by atoms with Gasteiger partial charge in [0.15, 0.2) is 0 Å². The molecule has 2 aromatic carbocycles. The molecule has 0 amide bonds. The molecule has 8 heteroatoms. The quantitative estimate of drug-likeness (QED) is 0.221. The van der Waals surface area contributed by atoms with Gasteiger partial charge >= 0.3 is 0 Å². The fourth-order valence-corrected chi connectivity index (χ4v) is 4.04. The summed E-state index contributed by atoms with van der Waals surface area (Å²) in [5.74, 6) is 0. The Morgan fingerprint density at radius 2 is 2.06 bits per heavy atom. The molecule has 0 radical (unpaired) electrons. The topological polar surface area (TPSA) is 121 Å². The molecule has 0 saturated carbocycles. The van der Waals surface area contributed by atoms with Crippen LogP contribution in [0.1, 0.15) is 16.7 Å². The molecular formula is C28H24N8. The number of nitrogens with zero attached hydrogens (tertiary/aromatic N) is 5. The zero-order valence-corrected chi connectivity index (χ0v) is 19.5. The standard InChI is InChI=1S/C28H24N8/c1-2-11-31-26-18-36(23-8-7-21-17-34-35-25(21)13-23)27-12-22(16-33-28(26)27)24(9-10-29)32-15-20-5-3-19(14-30)4-6-20/h2-10,12-13,16-18,31H,1,11,15,29H2,(H,34,35). The molecule has 0 atom stereocenters. The average molecular weight is 473 g/mol. The van der Waals surface area contributed by atoms with Crippen LogP contribution in [-0.2, 0) is 6.54 Å². The van der Waals surface area contributed by atoms with Crippen molar-refractivity contribution in [2.75, 3.05) is 11.9 Å². The molecule has 0 fully saturated rings. The van der Waals surface area contributed by atoms with Crippen molar-refractivity contribution in [2.45, 2.75) is 6.54 Å². The molecule has 5 aromatic rings. The van der Waals surface area contributed by atoms with Crippen LogP contribution in [0.2, 0.25) is 0 Å². The highest BCUT2D eigenvalue weighted by molar-refractivity contribution is 6.10. The van der Waals surface area contributed by atoms with Crippen molar-refractivity contribution >= 4 is 33.3 Å². The van der Waals surface area contributed by atoms with Crippen LogP contribution in [-0.4, -0.2) is 32.0 Å². The predicted molar refractivity (Wildman–Crippen MR) is 144 cm³/mol. The molecule has 0 unspecified atom stereocenters. The number of allylic oxidation sites excluding steroid dienone is 1. The Morgan fingerprint density at radius 1 is 1.19 bits per heavy atom. The van der Waals surface area contributed by atoms with E-state index in [4.69, 9.17) is 21.0 Å². The van der Waals surface area contributed by atoms with Gasteiger partial charge in [-0.1, -0.05) is 18.2 Å². The van der Waals surface area contributed by atoms with Crippen molar-refractivity contribution < 1.29 is 0 Å². The maximum atomic E-state index is 9.02. The lowest BCUT2D eigenvalue weighted by molar-refractivity contribution is 1.07. The number of anilines is 1. The number of rotatable bonds is 8. The number of pyridine rings is 1. The number of benzene rings is 2. The first kappa shape index (κ1) is 22.6. The van der Waals surface area contributed by atoms with Crippen molar-refractivity contribution in [2.24, 2.45) is 10.7 Å². The highest BCUT2D eigenvalue weighted by atomic mass is 15.1. The summed E-state index contributed by atoms with van der Waals surface area (Å²) in [5.41, 5.74) is 13.5. The maximum Gasteiger partial charge on any atom is 0.112 e. The maximum absolute atomic E-state index is 9.02. The molecule has 0 aliphatic carbocycles. The summed E-state index contributed by atoms with van der Waals surface area (Å²) in [5, 5.41) is 20.6. The Kier molecular flexibility index (Phi) is 6.28.